The molecule has 0 saturated carbocycles. The van der Waals surface area contributed by atoms with Gasteiger partial charge in [-0.05, 0) is 26.8 Å². The highest BCUT2D eigenvalue weighted by Crippen LogP contribution is 2.29. The molecule has 0 unspecified atom stereocenters. The van der Waals surface area contributed by atoms with Crippen molar-refractivity contribution >= 4 is 5.69 Å². The molecule has 0 amide bonds. The summed E-state index contributed by atoms with van der Waals surface area (Å²) in [6.07, 6.45) is 0. The quantitative estimate of drug-likeness (QED) is 0.690. The lowest BCUT2D eigenvalue weighted by molar-refractivity contribution is -0.385. The topological polar surface area (TPSA) is 99.9 Å². The van der Waals surface area contributed by atoms with Gasteiger partial charge in [0.2, 0.25) is 0 Å². The zero-order valence-electron chi connectivity index (χ0n) is 12.0. The van der Waals surface area contributed by atoms with Gasteiger partial charge >= 0.3 is 0 Å². The number of nitro groups is 1. The Labute approximate surface area is 120 Å². The van der Waals surface area contributed by atoms with Crippen LogP contribution in [0, 0.1) is 15.9 Å². The molecule has 21 heavy (non-hydrogen) atoms. The molecule has 0 saturated heterocycles. The molecule has 1 aromatic heterocycles. The molecule has 1 heterocycles. The summed E-state index contributed by atoms with van der Waals surface area (Å²) in [4.78, 5) is 10.0. The third kappa shape index (κ3) is 2.75. The summed E-state index contributed by atoms with van der Waals surface area (Å²) in [5.74, 6) is 0.108. The second-order valence-corrected chi connectivity index (χ2v) is 5.57. The average Bonchev–Trinajstić information content (AvgIpc) is 2.82. The summed E-state index contributed by atoms with van der Waals surface area (Å²) in [5.41, 5.74) is 5.08. The summed E-state index contributed by atoms with van der Waals surface area (Å²) in [6, 6.07) is 3.45. The van der Waals surface area contributed by atoms with Crippen molar-refractivity contribution < 1.29 is 9.31 Å². The molecule has 112 valence electrons. The molecule has 0 aliphatic rings. The Morgan fingerprint density at radius 3 is 2.52 bits per heavy atom. The van der Waals surface area contributed by atoms with Gasteiger partial charge in [-0.25, -0.2) is 4.39 Å². The van der Waals surface area contributed by atoms with Gasteiger partial charge in [-0.3, -0.25) is 10.1 Å². The molecule has 0 aliphatic heterocycles. The van der Waals surface area contributed by atoms with Crippen LogP contribution in [0.1, 0.15) is 26.6 Å². The van der Waals surface area contributed by atoms with Gasteiger partial charge in [0.05, 0.1) is 23.1 Å². The molecule has 0 bridgehead atoms. The molecule has 1 aromatic carbocycles. The van der Waals surface area contributed by atoms with E-state index in [1.807, 2.05) is 20.8 Å². The Bertz CT molecular complexity index is 690. The fraction of sp³-hybridized carbons (Fsp3) is 0.385. The van der Waals surface area contributed by atoms with Crippen molar-refractivity contribution in [3.05, 3.63) is 40.0 Å². The SMILES string of the molecule is CC(C)(C)n1c(CN)nnc1-c1ccc([N+](=O)[O-])cc1F. The average molecular weight is 293 g/mol. The normalized spacial score (nSPS) is 11.7. The molecular formula is C13H16FN5O2. The first-order chi connectivity index (χ1) is 9.75. The van der Waals surface area contributed by atoms with Crippen molar-refractivity contribution in [2.45, 2.75) is 32.9 Å². The predicted octanol–water partition coefficient (Wildman–Crippen LogP) is 2.21. The van der Waals surface area contributed by atoms with Crippen LogP contribution in [-0.4, -0.2) is 19.7 Å². The van der Waals surface area contributed by atoms with Crippen molar-refractivity contribution in [1.29, 1.82) is 0 Å². The lowest BCUT2D eigenvalue weighted by Crippen LogP contribution is -2.26. The number of benzene rings is 1. The van der Waals surface area contributed by atoms with E-state index in [1.165, 1.54) is 12.1 Å². The summed E-state index contributed by atoms with van der Waals surface area (Å²) in [5, 5.41) is 18.6. The van der Waals surface area contributed by atoms with Crippen LogP contribution in [0.25, 0.3) is 11.4 Å². The maximum atomic E-state index is 14.2. The molecule has 0 spiro atoms. The van der Waals surface area contributed by atoms with Crippen LogP contribution in [-0.2, 0) is 12.1 Å². The first-order valence-corrected chi connectivity index (χ1v) is 6.35. The second kappa shape index (κ2) is 5.21. The van der Waals surface area contributed by atoms with Gasteiger partial charge in [0.25, 0.3) is 5.69 Å². The van der Waals surface area contributed by atoms with Crippen LogP contribution in [0.3, 0.4) is 0 Å². The van der Waals surface area contributed by atoms with E-state index in [0.29, 0.717) is 11.6 Å². The van der Waals surface area contributed by atoms with Crippen LogP contribution >= 0.6 is 0 Å². The van der Waals surface area contributed by atoms with E-state index in [0.717, 1.165) is 6.07 Å². The largest absolute Gasteiger partial charge is 0.324 e. The lowest BCUT2D eigenvalue weighted by atomic mass is 10.1. The first kappa shape index (κ1) is 15.0. The number of hydrogen-bond donors (Lipinski definition) is 1. The summed E-state index contributed by atoms with van der Waals surface area (Å²) in [7, 11) is 0. The predicted molar refractivity (Wildman–Crippen MR) is 75.0 cm³/mol. The van der Waals surface area contributed by atoms with Gasteiger partial charge in [0.1, 0.15) is 11.6 Å². The fourth-order valence-electron chi connectivity index (χ4n) is 2.13. The zero-order chi connectivity index (χ0) is 15.8. The van der Waals surface area contributed by atoms with E-state index >= 15 is 0 Å². The molecule has 0 aliphatic carbocycles. The van der Waals surface area contributed by atoms with Gasteiger partial charge in [0, 0.05) is 11.6 Å². The highest BCUT2D eigenvalue weighted by atomic mass is 19.1. The van der Waals surface area contributed by atoms with Gasteiger partial charge in [0.15, 0.2) is 5.82 Å². The standard InChI is InChI=1S/C13H16FN5O2/c1-13(2,3)18-11(7-15)16-17-12(18)9-5-4-8(19(20)21)6-10(9)14/h4-6H,7,15H2,1-3H3. The molecular weight excluding hydrogens is 277 g/mol. The molecule has 2 aromatic rings. The highest BCUT2D eigenvalue weighted by Gasteiger charge is 2.25. The van der Waals surface area contributed by atoms with E-state index < -0.39 is 16.3 Å². The molecule has 0 atom stereocenters. The van der Waals surface area contributed by atoms with E-state index in [-0.39, 0.29) is 17.8 Å². The zero-order valence-corrected chi connectivity index (χ0v) is 12.0. The van der Waals surface area contributed by atoms with Crippen LogP contribution in [0.2, 0.25) is 0 Å². The van der Waals surface area contributed by atoms with Crippen molar-refractivity contribution in [2.75, 3.05) is 0 Å². The minimum absolute atomic E-state index is 0.155. The minimum atomic E-state index is -0.717. The lowest BCUT2D eigenvalue weighted by Gasteiger charge is -2.24. The van der Waals surface area contributed by atoms with E-state index in [9.17, 15) is 14.5 Å². The first-order valence-electron chi connectivity index (χ1n) is 6.35. The third-order valence-electron chi connectivity index (χ3n) is 2.99. The number of halogens is 1. The second-order valence-electron chi connectivity index (χ2n) is 5.57. The monoisotopic (exact) mass is 293 g/mol. The van der Waals surface area contributed by atoms with Gasteiger partial charge in [-0.1, -0.05) is 0 Å². The van der Waals surface area contributed by atoms with Crippen molar-refractivity contribution in [1.82, 2.24) is 14.8 Å². The maximum Gasteiger partial charge on any atom is 0.272 e. The Morgan fingerprint density at radius 1 is 1.38 bits per heavy atom. The number of aromatic nitrogens is 3. The number of nitrogens with zero attached hydrogens (tertiary/aromatic N) is 4. The molecule has 8 heteroatoms. The van der Waals surface area contributed by atoms with Crippen LogP contribution in [0.4, 0.5) is 10.1 Å². The Balaban J connectivity index is 2.63. The van der Waals surface area contributed by atoms with Crippen molar-refractivity contribution in [3.8, 4) is 11.4 Å². The Hall–Kier alpha value is -2.35. The number of hydrogen-bond acceptors (Lipinski definition) is 5. The number of nitro benzene ring substituents is 1. The van der Waals surface area contributed by atoms with Crippen LogP contribution < -0.4 is 5.73 Å². The van der Waals surface area contributed by atoms with Crippen LogP contribution in [0.15, 0.2) is 18.2 Å². The number of rotatable bonds is 3. The number of nitrogens with two attached hydrogens (primary N) is 1. The van der Waals surface area contributed by atoms with Gasteiger partial charge in [-0.2, -0.15) is 0 Å². The third-order valence-corrected chi connectivity index (χ3v) is 2.99. The summed E-state index contributed by atoms with van der Waals surface area (Å²) in [6.45, 7) is 5.92. The maximum absolute atomic E-state index is 14.2. The smallest absolute Gasteiger partial charge is 0.272 e. The fourth-order valence-corrected chi connectivity index (χ4v) is 2.13. The molecule has 0 fully saturated rings. The molecule has 0 radical (unpaired) electrons. The van der Waals surface area contributed by atoms with Crippen LogP contribution in [0.5, 0.6) is 0 Å². The summed E-state index contributed by atoms with van der Waals surface area (Å²) >= 11 is 0. The highest BCUT2D eigenvalue weighted by molar-refractivity contribution is 5.59. The molecule has 2 N–H and O–H groups in total. The van der Waals surface area contributed by atoms with Gasteiger partial charge in [-0.15, -0.1) is 10.2 Å². The van der Waals surface area contributed by atoms with E-state index in [1.54, 1.807) is 4.57 Å². The molecule has 2 rings (SSSR count). The van der Waals surface area contributed by atoms with E-state index in [4.69, 9.17) is 5.73 Å². The number of non-ortho nitro benzene ring substituents is 1. The molecule has 7 nitrogen and oxygen atoms in total. The van der Waals surface area contributed by atoms with Crippen molar-refractivity contribution in [3.63, 3.8) is 0 Å². The Kier molecular flexibility index (Phi) is 3.73. The minimum Gasteiger partial charge on any atom is -0.324 e. The Morgan fingerprint density at radius 2 is 2.05 bits per heavy atom. The summed E-state index contributed by atoms with van der Waals surface area (Å²) < 4.78 is 15.9. The van der Waals surface area contributed by atoms with Gasteiger partial charge < -0.3 is 10.3 Å². The van der Waals surface area contributed by atoms with E-state index in [2.05, 4.69) is 10.2 Å². The van der Waals surface area contributed by atoms with Crippen molar-refractivity contribution in [2.24, 2.45) is 5.73 Å².